The van der Waals surface area contributed by atoms with Crippen molar-refractivity contribution in [2.24, 2.45) is 5.92 Å². The van der Waals surface area contributed by atoms with Gasteiger partial charge in [-0.05, 0) is 49.5 Å². The van der Waals surface area contributed by atoms with Gasteiger partial charge in [0.05, 0.1) is 5.60 Å². The summed E-state index contributed by atoms with van der Waals surface area (Å²) >= 11 is 0. The van der Waals surface area contributed by atoms with Gasteiger partial charge in [0, 0.05) is 24.8 Å². The van der Waals surface area contributed by atoms with Gasteiger partial charge in [0.2, 0.25) is 0 Å². The fraction of sp³-hybridized carbons (Fsp3) is 0.480. The van der Waals surface area contributed by atoms with Crippen LogP contribution in [0.25, 0.3) is 0 Å². The quantitative estimate of drug-likeness (QED) is 0.362. The normalized spacial score (nSPS) is 16.5. The lowest BCUT2D eigenvalue weighted by Gasteiger charge is -2.39. The van der Waals surface area contributed by atoms with Crippen molar-refractivity contribution in [2.45, 2.75) is 51.6 Å². The second-order valence-electron chi connectivity index (χ2n) is 8.02. The zero-order valence-electron chi connectivity index (χ0n) is 18.6. The highest BCUT2D eigenvalue weighted by Gasteiger charge is 2.35. The van der Waals surface area contributed by atoms with Crippen LogP contribution in [0.1, 0.15) is 46.0 Å². The molecule has 0 aromatic heterocycles. The van der Waals surface area contributed by atoms with Crippen LogP contribution in [0.5, 0.6) is 5.75 Å². The third-order valence-corrected chi connectivity index (χ3v) is 5.78. The van der Waals surface area contributed by atoms with E-state index in [2.05, 4.69) is 25.7 Å². The minimum Gasteiger partial charge on any atom is -0.457 e. The standard InChI is InChI=1S/C25H35FN2O3/c1-4-9-22(12-8-15-26)31-23-11-7-10-21(18-23)27-24(29)28-16-13-25(30,14-17-28)19-20(5-2)6-3/h4,7-12,18,20,30H,1,5-6,13-17,19H2,2-3H3,(H,27,29)/b12-8-,22-9+. The Morgan fingerprint density at radius 1 is 1.35 bits per heavy atom. The number of ether oxygens (including phenoxy) is 1. The molecule has 1 fully saturated rings. The monoisotopic (exact) mass is 430 g/mol. The Morgan fingerprint density at radius 3 is 2.68 bits per heavy atom. The van der Waals surface area contributed by atoms with E-state index < -0.39 is 12.3 Å². The fourth-order valence-electron chi connectivity index (χ4n) is 3.82. The van der Waals surface area contributed by atoms with E-state index >= 15 is 0 Å². The Hall–Kier alpha value is -2.60. The second kappa shape index (κ2) is 12.3. The molecule has 0 atom stereocenters. The van der Waals surface area contributed by atoms with Crippen LogP contribution >= 0.6 is 0 Å². The van der Waals surface area contributed by atoms with E-state index in [4.69, 9.17) is 4.74 Å². The molecular weight excluding hydrogens is 395 g/mol. The van der Waals surface area contributed by atoms with Crippen LogP contribution in [0.4, 0.5) is 14.9 Å². The number of halogens is 1. The van der Waals surface area contributed by atoms with E-state index in [-0.39, 0.29) is 6.03 Å². The molecule has 0 bridgehead atoms. The lowest BCUT2D eigenvalue weighted by atomic mass is 9.81. The number of benzene rings is 1. The van der Waals surface area contributed by atoms with E-state index in [1.165, 1.54) is 12.2 Å². The van der Waals surface area contributed by atoms with Gasteiger partial charge in [0.15, 0.2) is 0 Å². The number of nitrogens with one attached hydrogen (secondary N) is 1. The topological polar surface area (TPSA) is 61.8 Å². The number of allylic oxidation sites excluding steroid dienone is 4. The minimum absolute atomic E-state index is 0.194. The fourth-order valence-corrected chi connectivity index (χ4v) is 3.82. The maximum Gasteiger partial charge on any atom is 0.321 e. The van der Waals surface area contributed by atoms with Crippen LogP contribution in [0.2, 0.25) is 0 Å². The first-order valence-electron chi connectivity index (χ1n) is 11.0. The molecule has 1 saturated heterocycles. The first-order chi connectivity index (χ1) is 14.9. The minimum atomic E-state index is -0.678. The molecule has 0 spiro atoms. The van der Waals surface area contributed by atoms with Crippen LogP contribution in [0.15, 0.2) is 60.9 Å². The van der Waals surface area contributed by atoms with Crippen molar-refractivity contribution in [3.05, 3.63) is 60.9 Å². The highest BCUT2D eigenvalue weighted by molar-refractivity contribution is 5.89. The number of nitrogens with zero attached hydrogens (tertiary/aromatic N) is 1. The lowest BCUT2D eigenvalue weighted by molar-refractivity contribution is -0.0309. The molecule has 31 heavy (non-hydrogen) atoms. The number of hydrogen-bond acceptors (Lipinski definition) is 3. The number of hydrogen-bond donors (Lipinski definition) is 2. The summed E-state index contributed by atoms with van der Waals surface area (Å²) in [7, 11) is 0. The SMILES string of the molecule is C=C/C=C(\C=C/CF)Oc1cccc(NC(=O)N2CCC(O)(CC(CC)CC)CC2)c1. The van der Waals surface area contributed by atoms with Crippen molar-refractivity contribution in [1.29, 1.82) is 0 Å². The van der Waals surface area contributed by atoms with Crippen LogP contribution in [0, 0.1) is 5.92 Å². The van der Waals surface area contributed by atoms with Gasteiger partial charge in [0.1, 0.15) is 18.2 Å². The molecule has 1 aromatic carbocycles. The number of anilines is 1. The molecule has 1 aliphatic rings. The van der Waals surface area contributed by atoms with Gasteiger partial charge in [-0.2, -0.15) is 0 Å². The van der Waals surface area contributed by atoms with Gasteiger partial charge in [-0.3, -0.25) is 0 Å². The van der Waals surface area contributed by atoms with Crippen molar-refractivity contribution in [1.82, 2.24) is 4.90 Å². The van der Waals surface area contributed by atoms with E-state index in [9.17, 15) is 14.3 Å². The summed E-state index contributed by atoms with van der Waals surface area (Å²) in [5.41, 5.74) is -0.0739. The maximum absolute atomic E-state index is 12.7. The highest BCUT2D eigenvalue weighted by atomic mass is 19.1. The predicted octanol–water partition coefficient (Wildman–Crippen LogP) is 5.85. The van der Waals surface area contributed by atoms with Crippen molar-refractivity contribution in [3.8, 4) is 5.75 Å². The van der Waals surface area contributed by atoms with Crippen LogP contribution in [-0.4, -0.2) is 41.4 Å². The predicted molar refractivity (Wildman–Crippen MR) is 124 cm³/mol. The number of carbonyl (C=O) groups is 1. The molecule has 2 rings (SSSR count). The van der Waals surface area contributed by atoms with Gasteiger partial charge < -0.3 is 20.1 Å². The first-order valence-corrected chi connectivity index (χ1v) is 11.0. The summed E-state index contributed by atoms with van der Waals surface area (Å²) in [5.74, 6) is 1.49. The molecule has 6 heteroatoms. The van der Waals surface area contributed by atoms with Gasteiger partial charge in [-0.1, -0.05) is 51.5 Å². The number of piperidine rings is 1. The van der Waals surface area contributed by atoms with Crippen LogP contribution in [-0.2, 0) is 0 Å². The largest absolute Gasteiger partial charge is 0.457 e. The zero-order valence-corrected chi connectivity index (χ0v) is 18.6. The average molecular weight is 431 g/mol. The number of aliphatic hydroxyl groups is 1. The summed E-state index contributed by atoms with van der Waals surface area (Å²) in [6.07, 6.45) is 10.2. The molecule has 5 nitrogen and oxygen atoms in total. The zero-order chi connectivity index (χ0) is 22.7. The Labute approximate surface area is 185 Å². The number of amides is 2. The van der Waals surface area contributed by atoms with Gasteiger partial charge in [-0.25, -0.2) is 9.18 Å². The third-order valence-electron chi connectivity index (χ3n) is 5.78. The molecule has 0 unspecified atom stereocenters. The van der Waals surface area contributed by atoms with Crippen LogP contribution < -0.4 is 10.1 Å². The second-order valence-corrected chi connectivity index (χ2v) is 8.02. The summed E-state index contributed by atoms with van der Waals surface area (Å²) in [4.78, 5) is 14.4. The van der Waals surface area contributed by atoms with E-state index in [1.54, 1.807) is 41.3 Å². The van der Waals surface area contributed by atoms with Crippen molar-refractivity contribution < 1.29 is 19.0 Å². The van der Waals surface area contributed by atoms with Gasteiger partial charge >= 0.3 is 6.03 Å². The molecule has 0 saturated carbocycles. The lowest BCUT2D eigenvalue weighted by Crippen LogP contribution is -2.48. The van der Waals surface area contributed by atoms with E-state index in [0.717, 1.165) is 19.3 Å². The molecule has 1 aromatic rings. The van der Waals surface area contributed by atoms with E-state index in [0.29, 0.717) is 49.0 Å². The average Bonchev–Trinajstić information content (AvgIpc) is 2.76. The molecule has 0 radical (unpaired) electrons. The summed E-state index contributed by atoms with van der Waals surface area (Å²) in [6.45, 7) is 8.41. The Balaban J connectivity index is 1.94. The molecule has 170 valence electrons. The number of rotatable bonds is 10. The summed E-state index contributed by atoms with van der Waals surface area (Å²) < 4.78 is 18.1. The molecule has 1 aliphatic heterocycles. The smallest absolute Gasteiger partial charge is 0.321 e. The van der Waals surface area contributed by atoms with E-state index in [1.807, 2.05) is 0 Å². The number of carbonyl (C=O) groups excluding carboxylic acids is 1. The van der Waals surface area contributed by atoms with Crippen LogP contribution in [0.3, 0.4) is 0 Å². The third kappa shape index (κ3) is 7.87. The molecular formula is C25H35FN2O3. The Morgan fingerprint density at radius 2 is 2.06 bits per heavy atom. The maximum atomic E-state index is 12.7. The van der Waals surface area contributed by atoms with Crippen molar-refractivity contribution >= 4 is 11.7 Å². The molecule has 1 heterocycles. The molecule has 2 N–H and O–H groups in total. The number of urea groups is 1. The highest BCUT2D eigenvalue weighted by Crippen LogP contribution is 2.31. The molecule has 0 aliphatic carbocycles. The van der Waals surface area contributed by atoms with Crippen molar-refractivity contribution in [2.75, 3.05) is 25.1 Å². The van der Waals surface area contributed by atoms with Gasteiger partial charge in [-0.15, -0.1) is 0 Å². The first kappa shape index (κ1) is 24.7. The summed E-state index contributed by atoms with van der Waals surface area (Å²) in [6, 6.07) is 6.84. The Kier molecular flexibility index (Phi) is 9.79. The van der Waals surface area contributed by atoms with Gasteiger partial charge in [0.25, 0.3) is 0 Å². The number of alkyl halides is 1. The summed E-state index contributed by atoms with van der Waals surface area (Å²) in [5, 5.41) is 13.8. The number of likely N-dealkylation sites (tertiary alicyclic amines) is 1. The molecule has 2 amide bonds. The Bertz CT molecular complexity index is 779. The van der Waals surface area contributed by atoms with Crippen molar-refractivity contribution in [3.63, 3.8) is 0 Å².